The lowest BCUT2D eigenvalue weighted by Gasteiger charge is -2.43. The Balaban J connectivity index is 1.13. The highest BCUT2D eigenvalue weighted by molar-refractivity contribution is 8.00. The number of benzene rings is 3. The Morgan fingerprint density at radius 2 is 1.76 bits per heavy atom. The van der Waals surface area contributed by atoms with Gasteiger partial charge in [0.15, 0.2) is 6.61 Å². The molecular formula is C34H25ClF3N3O6S2. The van der Waals surface area contributed by atoms with Gasteiger partial charge in [-0.3, -0.25) is 24.1 Å². The van der Waals surface area contributed by atoms with Crippen LogP contribution < -0.4 is 19.8 Å². The first kappa shape index (κ1) is 32.0. The zero-order valence-corrected chi connectivity index (χ0v) is 27.5. The summed E-state index contributed by atoms with van der Waals surface area (Å²) in [5, 5.41) is 13.1. The van der Waals surface area contributed by atoms with Gasteiger partial charge in [0.1, 0.15) is 11.5 Å². The third-order valence-corrected chi connectivity index (χ3v) is 12.8. The van der Waals surface area contributed by atoms with Crippen LogP contribution in [0.2, 0.25) is 5.02 Å². The Labute approximate surface area is 289 Å². The Hall–Kier alpha value is -4.27. The van der Waals surface area contributed by atoms with Gasteiger partial charge in [-0.2, -0.15) is 13.2 Å². The maximum absolute atomic E-state index is 14.0. The molecule has 4 aliphatic rings. The van der Waals surface area contributed by atoms with Crippen molar-refractivity contribution in [2.45, 2.75) is 28.8 Å². The van der Waals surface area contributed by atoms with E-state index in [9.17, 15) is 37.5 Å². The van der Waals surface area contributed by atoms with E-state index in [2.05, 4.69) is 10.3 Å². The Kier molecular flexibility index (Phi) is 7.61. The van der Waals surface area contributed by atoms with Crippen LogP contribution >= 0.6 is 34.7 Å². The highest BCUT2D eigenvalue weighted by Crippen LogP contribution is 2.69. The number of carbonyl (C=O) groups excluding carboxylic acids is 3. The van der Waals surface area contributed by atoms with Crippen LogP contribution in [0, 0.1) is 29.6 Å². The second-order valence-corrected chi connectivity index (χ2v) is 15.2. The van der Waals surface area contributed by atoms with E-state index in [0.717, 1.165) is 33.2 Å². The summed E-state index contributed by atoms with van der Waals surface area (Å²) < 4.78 is 46.7. The van der Waals surface area contributed by atoms with Crippen molar-refractivity contribution in [3.63, 3.8) is 0 Å². The molecule has 8 rings (SSSR count). The average Bonchev–Trinajstić information content (AvgIpc) is 3.80. The lowest BCUT2D eigenvalue weighted by atomic mass is 9.68. The number of phenols is 1. The van der Waals surface area contributed by atoms with Crippen LogP contribution in [0.5, 0.6) is 11.5 Å². The number of fused-ring (bicyclic) bond motifs is 9. The number of amides is 3. The molecule has 3 N–H and O–H groups in total. The summed E-state index contributed by atoms with van der Waals surface area (Å²) >= 11 is 9.03. The number of ether oxygens (including phenoxy) is 1. The smallest absolute Gasteiger partial charge is 0.416 e. The minimum Gasteiger partial charge on any atom is -0.508 e. The lowest BCUT2D eigenvalue weighted by Crippen LogP contribution is -2.42. The number of aromatic hydroxyl groups is 1. The summed E-state index contributed by atoms with van der Waals surface area (Å²) in [6, 6.07) is 15.2. The van der Waals surface area contributed by atoms with Crippen LogP contribution in [0.15, 0.2) is 76.6 Å². The van der Waals surface area contributed by atoms with Crippen molar-refractivity contribution in [3.8, 4) is 11.5 Å². The van der Waals surface area contributed by atoms with E-state index in [0.29, 0.717) is 33.5 Å². The molecule has 252 valence electrons. The molecule has 2 bridgehead atoms. The van der Waals surface area contributed by atoms with Crippen LogP contribution in [-0.4, -0.2) is 39.7 Å². The van der Waals surface area contributed by atoms with Crippen molar-refractivity contribution in [1.82, 2.24) is 4.98 Å². The Morgan fingerprint density at radius 3 is 2.49 bits per heavy atom. The number of alkyl halides is 3. The molecule has 3 aromatic carbocycles. The van der Waals surface area contributed by atoms with E-state index in [-0.39, 0.29) is 45.9 Å². The van der Waals surface area contributed by atoms with Crippen LogP contribution in [0.1, 0.15) is 28.3 Å². The molecule has 4 aromatic rings. The summed E-state index contributed by atoms with van der Waals surface area (Å²) in [4.78, 5) is 57.8. The quantitative estimate of drug-likeness (QED) is 0.153. The number of rotatable bonds is 6. The van der Waals surface area contributed by atoms with Crippen molar-refractivity contribution < 1.29 is 37.4 Å². The number of thioether (sulfide) groups is 1. The molecule has 7 atom stereocenters. The van der Waals surface area contributed by atoms with Crippen molar-refractivity contribution in [2.75, 3.05) is 16.8 Å². The van der Waals surface area contributed by atoms with Crippen LogP contribution in [0.3, 0.4) is 0 Å². The van der Waals surface area contributed by atoms with Gasteiger partial charge in [0.05, 0.1) is 28.1 Å². The highest BCUT2D eigenvalue weighted by atomic mass is 35.5. The van der Waals surface area contributed by atoms with Gasteiger partial charge < -0.3 is 20.1 Å². The molecule has 3 fully saturated rings. The van der Waals surface area contributed by atoms with Gasteiger partial charge in [0.2, 0.25) is 11.8 Å². The largest absolute Gasteiger partial charge is 0.508 e. The number of H-pyrrole nitrogens is 1. The van der Waals surface area contributed by atoms with Crippen LogP contribution in [-0.2, 0) is 20.6 Å². The molecule has 1 saturated heterocycles. The fourth-order valence-electron chi connectivity index (χ4n) is 8.22. The Bertz CT molecular complexity index is 2090. The summed E-state index contributed by atoms with van der Waals surface area (Å²) in [5.41, 5.74) is 0.0225. The van der Waals surface area contributed by atoms with Gasteiger partial charge in [-0.15, -0.1) is 11.8 Å². The van der Waals surface area contributed by atoms with Crippen LogP contribution in [0.25, 0.3) is 0 Å². The SMILES string of the molecule is O=C(COc1ccc(Cl)cc1[C@H]1c2sc(=O)[nH]c2SC2C3CC(C4C(=O)N(c5cccc(C(F)(F)F)c5)C(=O)C34)C21)Nc1ccc(O)cc1. The Morgan fingerprint density at radius 1 is 1.02 bits per heavy atom. The number of hydrogen-bond donors (Lipinski definition) is 3. The molecule has 3 heterocycles. The lowest BCUT2D eigenvalue weighted by molar-refractivity contribution is -0.137. The molecule has 2 aliphatic heterocycles. The molecule has 6 unspecified atom stereocenters. The van der Waals surface area contributed by atoms with Gasteiger partial charge >= 0.3 is 11.0 Å². The molecular weight excluding hydrogens is 703 g/mol. The maximum atomic E-state index is 14.0. The molecule has 0 radical (unpaired) electrons. The molecule has 2 saturated carbocycles. The predicted octanol–water partition coefficient (Wildman–Crippen LogP) is 6.51. The second kappa shape index (κ2) is 11.7. The summed E-state index contributed by atoms with van der Waals surface area (Å²) in [6.07, 6.45) is -4.08. The van der Waals surface area contributed by atoms with Gasteiger partial charge in [0, 0.05) is 32.3 Å². The van der Waals surface area contributed by atoms with Crippen molar-refractivity contribution >= 4 is 63.8 Å². The number of halogens is 4. The van der Waals surface area contributed by atoms with E-state index in [1.165, 1.54) is 36.0 Å². The molecule has 15 heteroatoms. The number of anilines is 2. The monoisotopic (exact) mass is 727 g/mol. The average molecular weight is 728 g/mol. The number of carbonyl (C=O) groups is 3. The van der Waals surface area contributed by atoms with Crippen LogP contribution in [0.4, 0.5) is 24.5 Å². The second-order valence-electron chi connectivity index (χ2n) is 12.6. The van der Waals surface area contributed by atoms with E-state index >= 15 is 0 Å². The van der Waals surface area contributed by atoms with E-state index < -0.39 is 47.2 Å². The molecule has 0 spiro atoms. The molecule has 9 nitrogen and oxygen atoms in total. The van der Waals surface area contributed by atoms with Gasteiger partial charge in [-0.05, 0) is 84.8 Å². The van der Waals surface area contributed by atoms with Crippen molar-refractivity contribution in [3.05, 3.63) is 97.4 Å². The van der Waals surface area contributed by atoms with E-state index in [4.69, 9.17) is 16.3 Å². The first-order valence-corrected chi connectivity index (χ1v) is 17.4. The number of aromatic nitrogens is 1. The number of phenolic OH excluding ortho intramolecular Hbond substituents is 1. The van der Waals surface area contributed by atoms with Gasteiger partial charge in [-0.1, -0.05) is 29.0 Å². The number of nitrogens with one attached hydrogen (secondary N) is 2. The third-order valence-electron chi connectivity index (χ3n) is 9.97. The number of nitrogens with zero attached hydrogens (tertiary/aromatic N) is 1. The number of hydrogen-bond acceptors (Lipinski definition) is 8. The fraction of sp³-hybridized carbons (Fsp3) is 0.294. The van der Waals surface area contributed by atoms with E-state index in [1.807, 2.05) is 0 Å². The zero-order chi connectivity index (χ0) is 34.4. The summed E-state index contributed by atoms with van der Waals surface area (Å²) in [6.45, 7) is -0.364. The fourth-order valence-corrected chi connectivity index (χ4v) is 11.3. The first-order chi connectivity index (χ1) is 23.4. The van der Waals surface area contributed by atoms with E-state index in [1.54, 1.807) is 30.3 Å². The number of aromatic amines is 1. The zero-order valence-electron chi connectivity index (χ0n) is 25.1. The summed E-state index contributed by atoms with van der Waals surface area (Å²) in [5.74, 6) is -3.85. The van der Waals surface area contributed by atoms with Crippen molar-refractivity contribution in [2.24, 2.45) is 29.6 Å². The van der Waals surface area contributed by atoms with Crippen molar-refractivity contribution in [1.29, 1.82) is 0 Å². The number of imide groups is 1. The first-order valence-electron chi connectivity index (χ1n) is 15.3. The molecule has 3 amide bonds. The standard InChI is InChI=1S/C34H25ClF3N3O6S2/c35-15-4-9-22(47-13-23(43)39-16-5-7-18(42)8-6-16)19(11-15)24-25-20-12-21(28(25)48-30-29(24)49-33(46)40-30)27-26(20)31(44)41(32(27)45)17-3-1-2-14(10-17)34(36,37)38/h1-11,20-21,24-28,42H,12-13H2,(H,39,43)(H,40,46)/t20?,21?,24-,25?,26?,27?,28?/m1/s1. The highest BCUT2D eigenvalue weighted by Gasteiger charge is 2.70. The predicted molar refractivity (Wildman–Crippen MR) is 176 cm³/mol. The maximum Gasteiger partial charge on any atom is 0.416 e. The number of thiazole rings is 1. The molecule has 1 aromatic heterocycles. The minimum atomic E-state index is -4.65. The normalized spacial score (nSPS) is 26.8. The topological polar surface area (TPSA) is 129 Å². The summed E-state index contributed by atoms with van der Waals surface area (Å²) in [7, 11) is 0. The third kappa shape index (κ3) is 5.31. The van der Waals surface area contributed by atoms with Gasteiger partial charge in [-0.25, -0.2) is 0 Å². The molecule has 2 aliphatic carbocycles. The minimum absolute atomic E-state index is 0.0504. The van der Waals surface area contributed by atoms with Gasteiger partial charge in [0.25, 0.3) is 5.91 Å². The molecule has 49 heavy (non-hydrogen) atoms.